The Kier molecular flexibility index (Phi) is 8.27. The molecule has 4 aromatic rings. The molecular weight excluding hydrogens is 504 g/mol. The summed E-state index contributed by atoms with van der Waals surface area (Å²) in [6, 6.07) is 43.6. The molecular formula is C33H35NO2P2. The van der Waals surface area contributed by atoms with Gasteiger partial charge in [0.2, 0.25) is 0 Å². The normalized spacial score (nSPS) is 17.7. The summed E-state index contributed by atoms with van der Waals surface area (Å²) in [5.74, 6) is 0. The zero-order valence-corrected chi connectivity index (χ0v) is 24.1. The number of nitrogens with zero attached hydrogens (tertiary/aromatic N) is 1. The van der Waals surface area contributed by atoms with Gasteiger partial charge >= 0.3 is 6.09 Å². The molecule has 1 heterocycles. The second-order valence-corrected chi connectivity index (χ2v) is 15.5. The van der Waals surface area contributed by atoms with E-state index in [4.69, 9.17) is 4.74 Å². The van der Waals surface area contributed by atoms with Crippen molar-refractivity contribution in [3.63, 3.8) is 0 Å². The monoisotopic (exact) mass is 539 g/mol. The van der Waals surface area contributed by atoms with E-state index in [0.717, 1.165) is 0 Å². The maximum Gasteiger partial charge on any atom is 0.410 e. The molecule has 4 aromatic carbocycles. The van der Waals surface area contributed by atoms with E-state index < -0.39 is 21.4 Å². The Hall–Kier alpha value is -2.99. The van der Waals surface area contributed by atoms with Crippen molar-refractivity contribution in [3.05, 3.63) is 121 Å². The number of ether oxygens (including phenoxy) is 1. The largest absolute Gasteiger partial charge is 0.444 e. The van der Waals surface area contributed by atoms with E-state index in [1.165, 1.54) is 21.2 Å². The highest BCUT2D eigenvalue weighted by Gasteiger charge is 2.46. The number of carbonyl (C=O) groups is 1. The van der Waals surface area contributed by atoms with Crippen LogP contribution in [0.5, 0.6) is 0 Å². The first-order chi connectivity index (χ1) is 18.4. The van der Waals surface area contributed by atoms with Gasteiger partial charge in [-0.3, -0.25) is 0 Å². The maximum atomic E-state index is 13.5. The van der Waals surface area contributed by atoms with E-state index in [9.17, 15) is 4.79 Å². The van der Waals surface area contributed by atoms with Crippen molar-refractivity contribution in [1.82, 2.24) is 4.90 Å². The standard InChI is InChI=1S/C33H35NO2P2/c1-33(2,3)36-32(35)34-24-30(37(26-16-8-4-9-17-26)27-18-10-5-11-19-27)31(25-34)38(28-20-12-6-13-21-28)29-22-14-7-15-23-29/h4-23,30-31H,24-25H2,1-3H3/t30-,31-/m1/s1. The van der Waals surface area contributed by atoms with Crippen LogP contribution in [0.15, 0.2) is 121 Å². The van der Waals surface area contributed by atoms with E-state index in [0.29, 0.717) is 13.1 Å². The number of benzene rings is 4. The third-order valence-electron chi connectivity index (χ3n) is 6.71. The van der Waals surface area contributed by atoms with E-state index in [1.54, 1.807) is 0 Å². The summed E-state index contributed by atoms with van der Waals surface area (Å²) in [6.07, 6.45) is -0.211. The summed E-state index contributed by atoms with van der Waals surface area (Å²) in [5, 5.41) is 5.41. The summed E-state index contributed by atoms with van der Waals surface area (Å²) < 4.78 is 5.90. The molecule has 0 radical (unpaired) electrons. The molecule has 0 saturated carbocycles. The van der Waals surface area contributed by atoms with Crippen molar-refractivity contribution in [2.45, 2.75) is 37.7 Å². The number of hydrogen-bond donors (Lipinski definition) is 0. The molecule has 1 aliphatic rings. The smallest absolute Gasteiger partial charge is 0.410 e. The first-order valence-electron chi connectivity index (χ1n) is 13.2. The van der Waals surface area contributed by atoms with Gasteiger partial charge in [0.05, 0.1) is 0 Å². The van der Waals surface area contributed by atoms with Gasteiger partial charge in [-0.2, -0.15) is 0 Å². The predicted molar refractivity (Wildman–Crippen MR) is 164 cm³/mol. The van der Waals surface area contributed by atoms with Gasteiger partial charge in [-0.15, -0.1) is 0 Å². The molecule has 5 rings (SSSR count). The Morgan fingerprint density at radius 1 is 0.605 bits per heavy atom. The Balaban J connectivity index is 1.64. The van der Waals surface area contributed by atoms with E-state index in [1.807, 2.05) is 25.7 Å². The second kappa shape index (κ2) is 11.8. The fourth-order valence-corrected chi connectivity index (χ4v) is 11.7. The first kappa shape index (κ1) is 26.6. The molecule has 0 N–H and O–H groups in total. The SMILES string of the molecule is CC(C)(C)OC(=O)N1C[C@@H](P(c2ccccc2)c2ccccc2)[C@H](P(c2ccccc2)c2ccccc2)C1. The van der Waals surface area contributed by atoms with E-state index >= 15 is 0 Å². The summed E-state index contributed by atoms with van der Waals surface area (Å²) in [6.45, 7) is 7.20. The molecule has 0 aliphatic carbocycles. The lowest BCUT2D eigenvalue weighted by atomic mass is 10.2. The molecule has 2 atom stereocenters. The summed E-state index contributed by atoms with van der Waals surface area (Å²) >= 11 is 0. The molecule has 5 heteroatoms. The van der Waals surface area contributed by atoms with Crippen molar-refractivity contribution >= 4 is 43.2 Å². The molecule has 1 aliphatic heterocycles. The van der Waals surface area contributed by atoms with Crippen LogP contribution >= 0.6 is 15.8 Å². The van der Waals surface area contributed by atoms with Crippen molar-refractivity contribution in [2.24, 2.45) is 0 Å². The number of carbonyl (C=O) groups excluding carboxylic acids is 1. The molecule has 0 bridgehead atoms. The minimum absolute atomic E-state index is 0.211. The predicted octanol–water partition coefficient (Wildman–Crippen LogP) is 6.24. The summed E-state index contributed by atoms with van der Waals surface area (Å²) in [4.78, 5) is 15.4. The van der Waals surface area contributed by atoms with Crippen LogP contribution in [0.4, 0.5) is 4.79 Å². The molecule has 0 spiro atoms. The number of amides is 1. The average molecular weight is 540 g/mol. The average Bonchev–Trinajstić information content (AvgIpc) is 3.35. The van der Waals surface area contributed by atoms with Crippen molar-refractivity contribution in [1.29, 1.82) is 0 Å². The molecule has 0 aromatic heterocycles. The molecule has 3 nitrogen and oxygen atoms in total. The highest BCUT2D eigenvalue weighted by Crippen LogP contribution is 2.54. The van der Waals surface area contributed by atoms with Gasteiger partial charge < -0.3 is 9.64 Å². The van der Waals surface area contributed by atoms with Crippen LogP contribution in [0.25, 0.3) is 0 Å². The van der Waals surface area contributed by atoms with Gasteiger partial charge in [0.15, 0.2) is 0 Å². The van der Waals surface area contributed by atoms with Crippen LogP contribution in [-0.4, -0.2) is 41.0 Å². The Morgan fingerprint density at radius 2 is 0.895 bits per heavy atom. The van der Waals surface area contributed by atoms with Crippen molar-refractivity contribution in [3.8, 4) is 0 Å². The van der Waals surface area contributed by atoms with Gasteiger partial charge in [0, 0.05) is 24.4 Å². The third kappa shape index (κ3) is 6.17. The lowest BCUT2D eigenvalue weighted by molar-refractivity contribution is 0.0296. The zero-order valence-electron chi connectivity index (χ0n) is 22.3. The van der Waals surface area contributed by atoms with Crippen molar-refractivity contribution < 1.29 is 9.53 Å². The third-order valence-corrected chi connectivity index (χ3v) is 12.7. The molecule has 0 unspecified atom stereocenters. The highest BCUT2D eigenvalue weighted by atomic mass is 31.1. The maximum absolute atomic E-state index is 13.5. The number of rotatable bonds is 6. The lowest BCUT2D eigenvalue weighted by Crippen LogP contribution is -2.36. The summed E-state index contributed by atoms with van der Waals surface area (Å²) in [7, 11) is -1.44. The topological polar surface area (TPSA) is 29.5 Å². The quantitative estimate of drug-likeness (QED) is 0.272. The number of hydrogen-bond acceptors (Lipinski definition) is 2. The van der Waals surface area contributed by atoms with Gasteiger partial charge in [-0.25, -0.2) is 4.79 Å². The Morgan fingerprint density at radius 3 is 1.16 bits per heavy atom. The van der Waals surface area contributed by atoms with Crippen LogP contribution in [0.3, 0.4) is 0 Å². The molecule has 1 saturated heterocycles. The molecule has 194 valence electrons. The fourth-order valence-electron chi connectivity index (χ4n) is 5.17. The van der Waals surface area contributed by atoms with Gasteiger partial charge in [0.25, 0.3) is 0 Å². The minimum atomic E-state index is -0.722. The van der Waals surface area contributed by atoms with Crippen molar-refractivity contribution in [2.75, 3.05) is 13.1 Å². The van der Waals surface area contributed by atoms with E-state index in [-0.39, 0.29) is 17.4 Å². The van der Waals surface area contributed by atoms with Crippen LogP contribution in [0.1, 0.15) is 20.8 Å². The minimum Gasteiger partial charge on any atom is -0.444 e. The van der Waals surface area contributed by atoms with Gasteiger partial charge in [-0.1, -0.05) is 121 Å². The van der Waals surface area contributed by atoms with Crippen LogP contribution in [0.2, 0.25) is 0 Å². The zero-order chi connectivity index (χ0) is 26.5. The second-order valence-electron chi connectivity index (χ2n) is 10.6. The lowest BCUT2D eigenvalue weighted by Gasteiger charge is -2.34. The van der Waals surface area contributed by atoms with E-state index in [2.05, 4.69) is 121 Å². The Labute approximate surface area is 229 Å². The van der Waals surface area contributed by atoms with Crippen LogP contribution < -0.4 is 21.2 Å². The first-order valence-corrected chi connectivity index (χ1v) is 16.0. The Bertz CT molecular complexity index is 1140. The van der Waals surface area contributed by atoms with Crippen LogP contribution in [0, 0.1) is 0 Å². The molecule has 38 heavy (non-hydrogen) atoms. The summed E-state index contributed by atoms with van der Waals surface area (Å²) in [5.41, 5.74) is 0.0420. The molecule has 1 amide bonds. The van der Waals surface area contributed by atoms with Gasteiger partial charge in [0.1, 0.15) is 5.60 Å². The van der Waals surface area contributed by atoms with Gasteiger partial charge in [-0.05, 0) is 57.8 Å². The molecule has 1 fully saturated rings. The fraction of sp³-hybridized carbons (Fsp3) is 0.242. The number of likely N-dealkylation sites (tertiary alicyclic amines) is 1. The highest BCUT2D eigenvalue weighted by molar-refractivity contribution is 7.77. The van der Waals surface area contributed by atoms with Crippen LogP contribution in [-0.2, 0) is 4.74 Å².